The number of carbonyl (C=O) groups excluding carboxylic acids is 4. The highest BCUT2D eigenvalue weighted by atomic mass is 16.4. The molecule has 4 amide bonds. The predicted octanol–water partition coefficient (Wildman–Crippen LogP) is -0.434. The molecule has 0 radical (unpaired) electrons. The first-order chi connectivity index (χ1) is 11.7. The van der Waals surface area contributed by atoms with E-state index in [0.29, 0.717) is 25.8 Å². The van der Waals surface area contributed by atoms with Gasteiger partial charge >= 0.3 is 5.97 Å². The minimum absolute atomic E-state index is 0.201. The average Bonchev–Trinajstić information content (AvgIpc) is 2.85. The summed E-state index contributed by atoms with van der Waals surface area (Å²) < 4.78 is 0. The van der Waals surface area contributed by atoms with Gasteiger partial charge < -0.3 is 15.7 Å². The molecule has 9 heteroatoms. The largest absolute Gasteiger partial charge is 0.480 e. The fourth-order valence-electron chi connectivity index (χ4n) is 2.16. The summed E-state index contributed by atoms with van der Waals surface area (Å²) in [7, 11) is 0. The van der Waals surface area contributed by atoms with Gasteiger partial charge in [-0.3, -0.25) is 28.9 Å². The summed E-state index contributed by atoms with van der Waals surface area (Å²) in [6.45, 7) is 3.12. The minimum atomic E-state index is -1.16. The maximum atomic E-state index is 11.8. The van der Waals surface area contributed by atoms with Gasteiger partial charge in [-0.1, -0.05) is 6.42 Å². The van der Waals surface area contributed by atoms with E-state index in [4.69, 9.17) is 5.11 Å². The van der Waals surface area contributed by atoms with Gasteiger partial charge in [-0.2, -0.15) is 0 Å². The van der Waals surface area contributed by atoms with Gasteiger partial charge in [-0.15, -0.1) is 0 Å². The molecule has 0 spiro atoms. The highest BCUT2D eigenvalue weighted by molar-refractivity contribution is 6.12. The number of hydrogen-bond acceptors (Lipinski definition) is 5. The van der Waals surface area contributed by atoms with E-state index in [0.717, 1.165) is 4.90 Å². The third-order valence-electron chi connectivity index (χ3n) is 3.69. The Morgan fingerprint density at radius 3 is 2.16 bits per heavy atom. The lowest BCUT2D eigenvalue weighted by Crippen LogP contribution is -2.49. The predicted molar refractivity (Wildman–Crippen MR) is 87.2 cm³/mol. The monoisotopic (exact) mass is 353 g/mol. The molecule has 25 heavy (non-hydrogen) atoms. The number of hydrogen-bond donors (Lipinski definition) is 3. The van der Waals surface area contributed by atoms with Gasteiger partial charge in [-0.25, -0.2) is 0 Å². The minimum Gasteiger partial charge on any atom is -0.480 e. The van der Waals surface area contributed by atoms with E-state index >= 15 is 0 Å². The van der Waals surface area contributed by atoms with Gasteiger partial charge in [-0.05, 0) is 26.7 Å². The van der Waals surface area contributed by atoms with Crippen molar-refractivity contribution in [1.29, 1.82) is 0 Å². The van der Waals surface area contributed by atoms with E-state index in [1.165, 1.54) is 26.0 Å². The summed E-state index contributed by atoms with van der Waals surface area (Å²) in [5.41, 5.74) is 0. The molecule has 0 saturated carbocycles. The fourth-order valence-corrected chi connectivity index (χ4v) is 2.16. The Bertz CT molecular complexity index is 568. The van der Waals surface area contributed by atoms with E-state index in [2.05, 4.69) is 10.6 Å². The normalized spacial score (nSPS) is 15.8. The number of carboxylic acid groups (broad SMARTS) is 1. The van der Waals surface area contributed by atoms with Gasteiger partial charge in [0.05, 0.1) is 0 Å². The Hall–Kier alpha value is -2.71. The highest BCUT2D eigenvalue weighted by Gasteiger charge is 2.22. The molecule has 0 fully saturated rings. The second kappa shape index (κ2) is 9.55. The summed E-state index contributed by atoms with van der Waals surface area (Å²) in [6, 6.07) is -1.86. The number of nitrogens with zero attached hydrogens (tertiary/aromatic N) is 1. The third kappa shape index (κ3) is 6.74. The van der Waals surface area contributed by atoms with Crippen LogP contribution in [0.3, 0.4) is 0 Å². The topological polar surface area (TPSA) is 133 Å². The van der Waals surface area contributed by atoms with Gasteiger partial charge in [0.25, 0.3) is 11.8 Å². The summed E-state index contributed by atoms with van der Waals surface area (Å²) >= 11 is 0. The molecule has 3 N–H and O–H groups in total. The van der Waals surface area contributed by atoms with Crippen molar-refractivity contribution in [2.75, 3.05) is 6.54 Å². The quantitative estimate of drug-likeness (QED) is 0.360. The summed E-state index contributed by atoms with van der Waals surface area (Å²) in [4.78, 5) is 58.0. The summed E-state index contributed by atoms with van der Waals surface area (Å²) in [5.74, 6) is -2.68. The van der Waals surface area contributed by atoms with Gasteiger partial charge in [0.2, 0.25) is 11.8 Å². The van der Waals surface area contributed by atoms with Crippen LogP contribution in [0.2, 0.25) is 0 Å². The Kier molecular flexibility index (Phi) is 7.77. The smallest absolute Gasteiger partial charge is 0.325 e. The zero-order chi connectivity index (χ0) is 19.0. The van der Waals surface area contributed by atoms with Gasteiger partial charge in [0.1, 0.15) is 12.1 Å². The van der Waals surface area contributed by atoms with Crippen LogP contribution in [0, 0.1) is 0 Å². The molecule has 1 heterocycles. The number of nitrogens with one attached hydrogen (secondary N) is 2. The zero-order valence-electron chi connectivity index (χ0n) is 14.3. The average molecular weight is 353 g/mol. The molecule has 2 atom stereocenters. The van der Waals surface area contributed by atoms with Crippen molar-refractivity contribution in [2.45, 2.75) is 51.6 Å². The Balaban J connectivity index is 2.17. The SMILES string of the molecule is CC(NC(=O)C(C)NC(=O)CCCCCN1C(=O)C=CC1=O)C(=O)O. The lowest BCUT2D eigenvalue weighted by Gasteiger charge is -2.16. The molecule has 0 bridgehead atoms. The van der Waals surface area contributed by atoms with E-state index in [9.17, 15) is 24.0 Å². The van der Waals surface area contributed by atoms with Crippen LogP contribution in [0.5, 0.6) is 0 Å². The first kappa shape index (κ1) is 20.3. The first-order valence-electron chi connectivity index (χ1n) is 8.08. The van der Waals surface area contributed by atoms with Crippen molar-refractivity contribution in [2.24, 2.45) is 0 Å². The van der Waals surface area contributed by atoms with E-state index in [-0.39, 0.29) is 24.1 Å². The number of aliphatic carboxylic acids is 1. The second-order valence-corrected chi connectivity index (χ2v) is 5.83. The van der Waals surface area contributed by atoms with Crippen LogP contribution in [0.25, 0.3) is 0 Å². The first-order valence-corrected chi connectivity index (χ1v) is 8.08. The number of unbranched alkanes of at least 4 members (excludes halogenated alkanes) is 2. The van der Waals surface area contributed by atoms with E-state index in [1.54, 1.807) is 0 Å². The van der Waals surface area contributed by atoms with Crippen molar-refractivity contribution in [3.8, 4) is 0 Å². The third-order valence-corrected chi connectivity index (χ3v) is 3.69. The Labute approximate surface area is 145 Å². The summed E-state index contributed by atoms with van der Waals surface area (Å²) in [5, 5.41) is 13.5. The molecule has 2 unspecified atom stereocenters. The van der Waals surface area contributed by atoms with E-state index < -0.39 is 24.0 Å². The van der Waals surface area contributed by atoms with Crippen LogP contribution in [-0.4, -0.2) is 58.2 Å². The van der Waals surface area contributed by atoms with Crippen LogP contribution in [0.1, 0.15) is 39.5 Å². The van der Waals surface area contributed by atoms with Crippen LogP contribution in [0.15, 0.2) is 12.2 Å². The molecule has 0 aromatic rings. The molecule has 0 aromatic carbocycles. The van der Waals surface area contributed by atoms with Crippen molar-refractivity contribution in [3.63, 3.8) is 0 Å². The van der Waals surface area contributed by atoms with Crippen molar-refractivity contribution in [3.05, 3.63) is 12.2 Å². The highest BCUT2D eigenvalue weighted by Crippen LogP contribution is 2.07. The van der Waals surface area contributed by atoms with E-state index in [1.807, 2.05) is 0 Å². The lowest BCUT2D eigenvalue weighted by molar-refractivity contribution is -0.141. The van der Waals surface area contributed by atoms with Gasteiger partial charge in [0.15, 0.2) is 0 Å². The standard InChI is InChI=1S/C16H23N3O6/c1-10(15(23)18-11(2)16(24)25)17-12(20)6-4-3-5-9-19-13(21)7-8-14(19)22/h7-8,10-11H,3-6,9H2,1-2H3,(H,17,20)(H,18,23)(H,24,25). The maximum absolute atomic E-state index is 11.8. The molecule has 1 aliphatic heterocycles. The second-order valence-electron chi connectivity index (χ2n) is 5.83. The van der Waals surface area contributed by atoms with Gasteiger partial charge in [0, 0.05) is 25.1 Å². The number of rotatable bonds is 10. The van der Waals surface area contributed by atoms with Crippen molar-refractivity contribution < 1.29 is 29.1 Å². The number of carboxylic acids is 1. The maximum Gasteiger partial charge on any atom is 0.325 e. The molecule has 0 aromatic heterocycles. The molecular formula is C16H23N3O6. The van der Waals surface area contributed by atoms with Crippen LogP contribution in [0.4, 0.5) is 0 Å². The fraction of sp³-hybridized carbons (Fsp3) is 0.562. The van der Waals surface area contributed by atoms with Crippen molar-refractivity contribution in [1.82, 2.24) is 15.5 Å². The van der Waals surface area contributed by atoms with Crippen LogP contribution in [-0.2, 0) is 24.0 Å². The van der Waals surface area contributed by atoms with Crippen LogP contribution >= 0.6 is 0 Å². The Morgan fingerprint density at radius 2 is 1.60 bits per heavy atom. The van der Waals surface area contributed by atoms with Crippen LogP contribution < -0.4 is 10.6 Å². The number of amides is 4. The van der Waals surface area contributed by atoms with Crippen molar-refractivity contribution >= 4 is 29.6 Å². The molecule has 0 aliphatic carbocycles. The molecular weight excluding hydrogens is 330 g/mol. The Morgan fingerprint density at radius 1 is 1.00 bits per heavy atom. The number of carbonyl (C=O) groups is 5. The summed E-state index contributed by atoms with van der Waals surface area (Å²) in [6.07, 6.45) is 4.46. The lowest BCUT2D eigenvalue weighted by atomic mass is 10.1. The molecule has 138 valence electrons. The molecule has 1 aliphatic rings. The molecule has 1 rings (SSSR count). The number of imide groups is 1. The molecule has 9 nitrogen and oxygen atoms in total. The molecule has 0 saturated heterocycles. The zero-order valence-corrected chi connectivity index (χ0v) is 14.3.